The van der Waals surface area contributed by atoms with Crippen molar-refractivity contribution < 1.29 is 4.39 Å². The molecule has 0 saturated heterocycles. The van der Waals surface area contributed by atoms with Gasteiger partial charge in [-0.2, -0.15) is 0 Å². The van der Waals surface area contributed by atoms with Gasteiger partial charge in [0.05, 0.1) is 11.2 Å². The molecule has 0 spiro atoms. The molecule has 0 radical (unpaired) electrons. The second kappa shape index (κ2) is 4.54. The van der Waals surface area contributed by atoms with Gasteiger partial charge in [-0.1, -0.05) is 31.6 Å². The van der Waals surface area contributed by atoms with Crippen molar-refractivity contribution in [2.24, 2.45) is 0 Å². The molecule has 0 bridgehead atoms. The van der Waals surface area contributed by atoms with Crippen LogP contribution >= 0.6 is 0 Å². The summed E-state index contributed by atoms with van der Waals surface area (Å²) < 4.78 is 13.4. The first-order chi connectivity index (χ1) is 8.66. The average molecular weight is 273 g/mol. The van der Waals surface area contributed by atoms with E-state index in [1.807, 2.05) is 6.08 Å². The van der Waals surface area contributed by atoms with Crippen molar-refractivity contribution in [1.82, 2.24) is 5.32 Å². The number of nitrogens with one attached hydrogen (secondary N) is 1. The van der Waals surface area contributed by atoms with E-state index in [-0.39, 0.29) is 11.4 Å². The van der Waals surface area contributed by atoms with E-state index in [0.29, 0.717) is 0 Å². The van der Waals surface area contributed by atoms with E-state index in [2.05, 4.69) is 50.3 Å². The normalized spacial score (nSPS) is 16.6. The minimum atomic E-state index is -1.43. The standard InChI is InChI=1S/C16H20FNSi/c1-16(2)11-12-10-13(17)6-7-14(12)15(18-16)8-9-19(3,4)5/h6-7,10-11,18H,1-5H3. The molecule has 1 aliphatic heterocycles. The van der Waals surface area contributed by atoms with Gasteiger partial charge in [0.15, 0.2) is 0 Å². The number of fused-ring (bicyclic) bond motifs is 1. The molecule has 100 valence electrons. The molecule has 1 N–H and O–H groups in total. The lowest BCUT2D eigenvalue weighted by Gasteiger charge is -2.27. The van der Waals surface area contributed by atoms with Gasteiger partial charge in [-0.25, -0.2) is 4.39 Å². The maximum Gasteiger partial charge on any atom is 0.129 e. The van der Waals surface area contributed by atoms with Crippen molar-refractivity contribution in [3.05, 3.63) is 34.5 Å². The van der Waals surface area contributed by atoms with E-state index in [0.717, 1.165) is 16.1 Å². The Balaban J connectivity index is 2.69. The van der Waals surface area contributed by atoms with Gasteiger partial charge in [0.1, 0.15) is 13.9 Å². The molecule has 1 nitrogen and oxygen atoms in total. The van der Waals surface area contributed by atoms with Crippen LogP contribution in [0.25, 0.3) is 11.8 Å². The van der Waals surface area contributed by atoms with Crippen LogP contribution in [-0.4, -0.2) is 13.6 Å². The van der Waals surface area contributed by atoms with Crippen LogP contribution in [0, 0.1) is 17.3 Å². The Kier molecular flexibility index (Phi) is 3.32. The van der Waals surface area contributed by atoms with Gasteiger partial charge in [-0.15, -0.1) is 5.54 Å². The van der Waals surface area contributed by atoms with E-state index < -0.39 is 8.07 Å². The van der Waals surface area contributed by atoms with Crippen molar-refractivity contribution in [3.8, 4) is 11.5 Å². The van der Waals surface area contributed by atoms with Gasteiger partial charge >= 0.3 is 0 Å². The van der Waals surface area contributed by atoms with E-state index in [9.17, 15) is 4.39 Å². The molecule has 0 aromatic heterocycles. The van der Waals surface area contributed by atoms with Gasteiger partial charge in [0, 0.05) is 5.22 Å². The fraction of sp³-hybridized carbons (Fsp3) is 0.375. The molecule has 1 heterocycles. The Labute approximate surface area is 115 Å². The molecule has 0 unspecified atom stereocenters. The number of hydrogen-bond donors (Lipinski definition) is 1. The highest BCUT2D eigenvalue weighted by Gasteiger charge is 2.19. The summed E-state index contributed by atoms with van der Waals surface area (Å²) in [6, 6.07) is 4.87. The van der Waals surface area contributed by atoms with Gasteiger partial charge in [0.25, 0.3) is 0 Å². The van der Waals surface area contributed by atoms with E-state index in [4.69, 9.17) is 0 Å². The van der Waals surface area contributed by atoms with Crippen LogP contribution < -0.4 is 15.8 Å². The summed E-state index contributed by atoms with van der Waals surface area (Å²) in [5.74, 6) is 3.06. The molecular weight excluding hydrogens is 253 g/mol. The van der Waals surface area contributed by atoms with Crippen LogP contribution in [0.1, 0.15) is 13.8 Å². The lowest BCUT2D eigenvalue weighted by molar-refractivity contribution is 0.589. The Bertz CT molecular complexity index is 684. The summed E-state index contributed by atoms with van der Waals surface area (Å²) in [4.78, 5) is 0. The third-order valence-electron chi connectivity index (χ3n) is 2.81. The largest absolute Gasteiger partial charge is 0.369 e. The molecule has 1 aromatic carbocycles. The summed E-state index contributed by atoms with van der Waals surface area (Å²) in [6.07, 6.45) is 2.05. The predicted octanol–water partition coefficient (Wildman–Crippen LogP) is 1.98. The number of halogens is 1. The van der Waals surface area contributed by atoms with Crippen molar-refractivity contribution in [3.63, 3.8) is 0 Å². The zero-order valence-electron chi connectivity index (χ0n) is 12.2. The first kappa shape index (κ1) is 13.9. The number of benzene rings is 1. The zero-order valence-corrected chi connectivity index (χ0v) is 13.2. The molecule has 0 atom stereocenters. The van der Waals surface area contributed by atoms with E-state index in [1.54, 1.807) is 12.1 Å². The van der Waals surface area contributed by atoms with E-state index in [1.165, 1.54) is 6.07 Å². The molecule has 0 amide bonds. The summed E-state index contributed by atoms with van der Waals surface area (Å²) in [7, 11) is -1.43. The first-order valence-corrected chi connectivity index (χ1v) is 10.0. The summed E-state index contributed by atoms with van der Waals surface area (Å²) in [5.41, 5.74) is 4.07. The Morgan fingerprint density at radius 2 is 1.89 bits per heavy atom. The molecular formula is C16H20FNSi. The van der Waals surface area contributed by atoms with Gasteiger partial charge in [-0.05, 0) is 37.3 Å². The van der Waals surface area contributed by atoms with Crippen LogP contribution in [0.5, 0.6) is 0 Å². The molecule has 0 saturated carbocycles. The fourth-order valence-corrected chi connectivity index (χ4v) is 2.54. The predicted molar refractivity (Wildman–Crippen MR) is 81.9 cm³/mol. The third kappa shape index (κ3) is 3.48. The van der Waals surface area contributed by atoms with Crippen LogP contribution in [0.4, 0.5) is 4.39 Å². The molecule has 19 heavy (non-hydrogen) atoms. The Morgan fingerprint density at radius 1 is 1.21 bits per heavy atom. The van der Waals surface area contributed by atoms with Gasteiger partial charge < -0.3 is 5.32 Å². The second-order valence-electron chi connectivity index (χ2n) is 6.60. The zero-order chi connectivity index (χ0) is 14.3. The summed E-state index contributed by atoms with van der Waals surface area (Å²) >= 11 is 0. The average Bonchev–Trinajstić information content (AvgIpc) is 2.22. The van der Waals surface area contributed by atoms with Crippen LogP contribution in [0.2, 0.25) is 19.6 Å². The highest BCUT2D eigenvalue weighted by molar-refractivity contribution is 6.84. The second-order valence-corrected chi connectivity index (χ2v) is 11.3. The lowest BCUT2D eigenvalue weighted by atomic mass is 9.97. The van der Waals surface area contributed by atoms with Crippen molar-refractivity contribution >= 4 is 19.8 Å². The van der Waals surface area contributed by atoms with E-state index >= 15 is 0 Å². The summed E-state index contributed by atoms with van der Waals surface area (Å²) in [5, 5.41) is 5.34. The third-order valence-corrected chi connectivity index (χ3v) is 3.68. The molecule has 1 aliphatic rings. The minimum Gasteiger partial charge on any atom is -0.369 e. The minimum absolute atomic E-state index is 0.204. The molecule has 3 heteroatoms. The topological polar surface area (TPSA) is 12.0 Å². The van der Waals surface area contributed by atoms with Gasteiger partial charge in [-0.3, -0.25) is 0 Å². The van der Waals surface area contributed by atoms with Crippen LogP contribution in [0.3, 0.4) is 0 Å². The first-order valence-electron chi connectivity index (χ1n) is 6.50. The van der Waals surface area contributed by atoms with Crippen LogP contribution in [0.15, 0.2) is 18.2 Å². The van der Waals surface area contributed by atoms with Crippen molar-refractivity contribution in [1.29, 1.82) is 0 Å². The van der Waals surface area contributed by atoms with Gasteiger partial charge in [0.2, 0.25) is 0 Å². The summed E-state index contributed by atoms with van der Waals surface area (Å²) in [6.45, 7) is 10.8. The maximum atomic E-state index is 13.4. The molecule has 2 rings (SSSR count). The van der Waals surface area contributed by atoms with Crippen LogP contribution in [-0.2, 0) is 0 Å². The Hall–Kier alpha value is -1.53. The number of hydrogen-bond acceptors (Lipinski definition) is 1. The fourth-order valence-electron chi connectivity index (χ4n) is 2.04. The SMILES string of the molecule is CC1(C)C=c2cc(F)ccc2=C(C#C[Si](C)(C)C)N1. The van der Waals surface area contributed by atoms with Crippen molar-refractivity contribution in [2.45, 2.75) is 39.0 Å². The highest BCUT2D eigenvalue weighted by Crippen LogP contribution is 2.10. The highest BCUT2D eigenvalue weighted by atomic mass is 28.3. The molecule has 1 aromatic rings. The number of rotatable bonds is 0. The molecule has 0 fully saturated rings. The monoisotopic (exact) mass is 273 g/mol. The smallest absolute Gasteiger partial charge is 0.129 e. The van der Waals surface area contributed by atoms with Crippen molar-refractivity contribution in [2.75, 3.05) is 0 Å². The molecule has 0 aliphatic carbocycles. The lowest BCUT2D eigenvalue weighted by Crippen LogP contribution is -2.48. The quantitative estimate of drug-likeness (QED) is 0.563. The maximum absolute atomic E-state index is 13.4. The Morgan fingerprint density at radius 3 is 2.53 bits per heavy atom.